The highest BCUT2D eigenvalue weighted by molar-refractivity contribution is 5.68. The molecule has 1 aromatic carbocycles. The summed E-state index contributed by atoms with van der Waals surface area (Å²) in [4.78, 5) is 14.1. The quantitative estimate of drug-likeness (QED) is 0.865. The fraction of sp³-hybridized carbons (Fsp3) is 0.588. The molecule has 1 saturated heterocycles. The lowest BCUT2D eigenvalue weighted by atomic mass is 10.0. The van der Waals surface area contributed by atoms with Gasteiger partial charge in [0, 0.05) is 18.3 Å². The molecular formula is C17H26N2O2. The third-order valence-electron chi connectivity index (χ3n) is 3.75. The van der Waals surface area contributed by atoms with Gasteiger partial charge >= 0.3 is 6.09 Å². The number of hydrogen-bond donors (Lipinski definition) is 1. The van der Waals surface area contributed by atoms with Crippen LogP contribution in [0.5, 0.6) is 0 Å². The molecule has 1 atom stereocenters. The fourth-order valence-electron chi connectivity index (χ4n) is 2.71. The molecule has 116 valence electrons. The molecule has 0 aromatic heterocycles. The molecule has 0 spiro atoms. The zero-order chi connectivity index (χ0) is 15.5. The van der Waals surface area contributed by atoms with Crippen LogP contribution in [0.1, 0.15) is 45.6 Å². The first-order valence-electron chi connectivity index (χ1n) is 7.69. The average molecular weight is 290 g/mol. The van der Waals surface area contributed by atoms with E-state index in [9.17, 15) is 4.79 Å². The summed E-state index contributed by atoms with van der Waals surface area (Å²) in [5.74, 6) is 0. The molecular weight excluding hydrogens is 264 g/mol. The second kappa shape index (κ2) is 6.37. The molecule has 0 bridgehead atoms. The molecule has 0 radical (unpaired) electrons. The van der Waals surface area contributed by atoms with Crippen LogP contribution in [-0.4, -0.2) is 29.2 Å². The number of ether oxygens (including phenoxy) is 1. The maximum atomic E-state index is 12.2. The number of nitrogens with zero attached hydrogens (tertiary/aromatic N) is 1. The van der Waals surface area contributed by atoms with Crippen molar-refractivity contribution in [3.63, 3.8) is 0 Å². The van der Waals surface area contributed by atoms with Crippen LogP contribution in [-0.2, 0) is 11.2 Å². The van der Waals surface area contributed by atoms with Gasteiger partial charge in [-0.2, -0.15) is 0 Å². The molecule has 1 aliphatic heterocycles. The standard InChI is InChI=1S/C17H26N2O2/c1-17(2,3)21-16(20)19-12-4-5-15(19)11-8-13-6-9-14(18)10-7-13/h6-7,9-10,15H,4-5,8,11-12,18H2,1-3H3. The minimum absolute atomic E-state index is 0.178. The van der Waals surface area contributed by atoms with E-state index in [-0.39, 0.29) is 12.1 Å². The van der Waals surface area contributed by atoms with E-state index in [1.165, 1.54) is 5.56 Å². The van der Waals surface area contributed by atoms with E-state index in [0.29, 0.717) is 0 Å². The Hall–Kier alpha value is -1.71. The molecule has 4 nitrogen and oxygen atoms in total. The van der Waals surface area contributed by atoms with Crippen molar-refractivity contribution >= 4 is 11.8 Å². The molecule has 1 unspecified atom stereocenters. The Morgan fingerprint density at radius 1 is 1.33 bits per heavy atom. The Kier molecular flexibility index (Phi) is 4.76. The largest absolute Gasteiger partial charge is 0.444 e. The van der Waals surface area contributed by atoms with Crippen LogP contribution < -0.4 is 5.73 Å². The Balaban J connectivity index is 1.90. The lowest BCUT2D eigenvalue weighted by Gasteiger charge is -2.28. The normalized spacial score (nSPS) is 18.8. The highest BCUT2D eigenvalue weighted by Gasteiger charge is 2.31. The Morgan fingerprint density at radius 3 is 2.62 bits per heavy atom. The maximum Gasteiger partial charge on any atom is 0.410 e. The summed E-state index contributed by atoms with van der Waals surface area (Å²) in [6.07, 6.45) is 3.88. The number of hydrogen-bond acceptors (Lipinski definition) is 3. The van der Waals surface area contributed by atoms with E-state index >= 15 is 0 Å². The number of carbonyl (C=O) groups is 1. The fourth-order valence-corrected chi connectivity index (χ4v) is 2.71. The average Bonchev–Trinajstić information content (AvgIpc) is 2.84. The van der Waals surface area contributed by atoms with Gasteiger partial charge in [-0.3, -0.25) is 0 Å². The first kappa shape index (κ1) is 15.7. The first-order chi connectivity index (χ1) is 9.85. The van der Waals surface area contributed by atoms with E-state index in [1.807, 2.05) is 37.8 Å². The van der Waals surface area contributed by atoms with Crippen molar-refractivity contribution < 1.29 is 9.53 Å². The molecule has 1 heterocycles. The summed E-state index contributed by atoms with van der Waals surface area (Å²) in [6.45, 7) is 6.53. The second-order valence-corrected chi connectivity index (χ2v) is 6.75. The molecule has 1 aromatic rings. The van der Waals surface area contributed by atoms with Gasteiger partial charge in [0.25, 0.3) is 0 Å². The summed E-state index contributed by atoms with van der Waals surface area (Å²) in [5, 5.41) is 0. The number of nitrogen functional groups attached to an aromatic ring is 1. The Morgan fingerprint density at radius 2 is 2.00 bits per heavy atom. The summed E-state index contributed by atoms with van der Waals surface area (Å²) in [7, 11) is 0. The lowest BCUT2D eigenvalue weighted by molar-refractivity contribution is 0.0220. The number of amides is 1. The van der Waals surface area contributed by atoms with Crippen LogP contribution in [0.4, 0.5) is 10.5 Å². The zero-order valence-electron chi connectivity index (χ0n) is 13.3. The van der Waals surface area contributed by atoms with Crippen molar-refractivity contribution in [2.75, 3.05) is 12.3 Å². The summed E-state index contributed by atoms with van der Waals surface area (Å²) < 4.78 is 5.49. The van der Waals surface area contributed by atoms with Gasteiger partial charge < -0.3 is 15.4 Å². The summed E-state index contributed by atoms with van der Waals surface area (Å²) in [5.41, 5.74) is 7.32. The predicted octanol–water partition coefficient (Wildman–Crippen LogP) is 3.60. The smallest absolute Gasteiger partial charge is 0.410 e. The molecule has 1 fully saturated rings. The van der Waals surface area contributed by atoms with Crippen LogP contribution in [0.3, 0.4) is 0 Å². The molecule has 2 N–H and O–H groups in total. The van der Waals surface area contributed by atoms with E-state index in [2.05, 4.69) is 12.1 Å². The van der Waals surface area contributed by atoms with Crippen molar-refractivity contribution in [3.8, 4) is 0 Å². The molecule has 0 aliphatic carbocycles. The predicted molar refractivity (Wildman–Crippen MR) is 85.1 cm³/mol. The molecule has 4 heteroatoms. The zero-order valence-corrected chi connectivity index (χ0v) is 13.3. The minimum atomic E-state index is -0.429. The van der Waals surface area contributed by atoms with Crippen molar-refractivity contribution in [1.82, 2.24) is 4.90 Å². The number of anilines is 1. The topological polar surface area (TPSA) is 55.6 Å². The molecule has 0 saturated carbocycles. The Bertz CT molecular complexity index is 477. The molecule has 1 amide bonds. The number of aryl methyl sites for hydroxylation is 1. The van der Waals surface area contributed by atoms with Crippen molar-refractivity contribution in [2.24, 2.45) is 0 Å². The maximum absolute atomic E-state index is 12.2. The first-order valence-corrected chi connectivity index (χ1v) is 7.69. The minimum Gasteiger partial charge on any atom is -0.444 e. The van der Waals surface area contributed by atoms with Crippen LogP contribution in [0.15, 0.2) is 24.3 Å². The van der Waals surface area contributed by atoms with Gasteiger partial charge in [-0.05, 0) is 64.2 Å². The van der Waals surface area contributed by atoms with Crippen LogP contribution in [0.2, 0.25) is 0 Å². The van der Waals surface area contributed by atoms with Gasteiger partial charge in [-0.25, -0.2) is 4.79 Å². The van der Waals surface area contributed by atoms with Crippen LogP contribution >= 0.6 is 0 Å². The number of carbonyl (C=O) groups excluding carboxylic acids is 1. The monoisotopic (exact) mass is 290 g/mol. The van der Waals surface area contributed by atoms with Gasteiger partial charge in [0.1, 0.15) is 5.60 Å². The molecule has 21 heavy (non-hydrogen) atoms. The number of likely N-dealkylation sites (tertiary alicyclic amines) is 1. The van der Waals surface area contributed by atoms with Gasteiger partial charge in [-0.1, -0.05) is 12.1 Å². The van der Waals surface area contributed by atoms with Crippen LogP contribution in [0, 0.1) is 0 Å². The van der Waals surface area contributed by atoms with E-state index in [1.54, 1.807) is 0 Å². The number of rotatable bonds is 3. The Labute approximate surface area is 127 Å². The summed E-state index contributed by atoms with van der Waals surface area (Å²) in [6, 6.07) is 8.26. The van der Waals surface area contributed by atoms with E-state index in [4.69, 9.17) is 10.5 Å². The van der Waals surface area contributed by atoms with Crippen molar-refractivity contribution in [2.45, 2.75) is 58.1 Å². The third-order valence-corrected chi connectivity index (χ3v) is 3.75. The van der Waals surface area contributed by atoms with E-state index in [0.717, 1.165) is 37.9 Å². The highest BCUT2D eigenvalue weighted by atomic mass is 16.6. The lowest BCUT2D eigenvalue weighted by Crippen LogP contribution is -2.40. The SMILES string of the molecule is CC(C)(C)OC(=O)N1CCCC1CCc1ccc(N)cc1. The van der Waals surface area contributed by atoms with Gasteiger partial charge in [0.15, 0.2) is 0 Å². The second-order valence-electron chi connectivity index (χ2n) is 6.75. The van der Waals surface area contributed by atoms with Gasteiger partial charge in [0.2, 0.25) is 0 Å². The molecule has 1 aliphatic rings. The van der Waals surface area contributed by atoms with Crippen LogP contribution in [0.25, 0.3) is 0 Å². The third kappa shape index (κ3) is 4.66. The molecule has 2 rings (SSSR count). The van der Waals surface area contributed by atoms with Gasteiger partial charge in [-0.15, -0.1) is 0 Å². The summed E-state index contributed by atoms with van der Waals surface area (Å²) >= 11 is 0. The number of nitrogens with two attached hydrogens (primary N) is 1. The van der Waals surface area contributed by atoms with Crippen molar-refractivity contribution in [3.05, 3.63) is 29.8 Å². The van der Waals surface area contributed by atoms with Crippen molar-refractivity contribution in [1.29, 1.82) is 0 Å². The van der Waals surface area contributed by atoms with Gasteiger partial charge in [0.05, 0.1) is 0 Å². The highest BCUT2D eigenvalue weighted by Crippen LogP contribution is 2.24. The van der Waals surface area contributed by atoms with E-state index < -0.39 is 5.60 Å². The number of benzene rings is 1.